The Hall–Kier alpha value is -2.58. The van der Waals surface area contributed by atoms with Crippen molar-refractivity contribution in [3.8, 4) is 55.4 Å². The average Bonchev–Trinajstić information content (AvgIpc) is 3.71. The molecule has 0 bridgehead atoms. The van der Waals surface area contributed by atoms with Gasteiger partial charge < -0.3 is 28.4 Å². The van der Waals surface area contributed by atoms with Crippen LogP contribution in [-0.2, 0) is 0 Å². The molecule has 4 heterocycles. The van der Waals surface area contributed by atoms with E-state index < -0.39 is 0 Å². The van der Waals surface area contributed by atoms with Crippen LogP contribution in [0.5, 0.6) is 34.5 Å². The van der Waals surface area contributed by atoms with E-state index in [0.29, 0.717) is 39.6 Å². The molecule has 1 aromatic carbocycles. The lowest BCUT2D eigenvalue weighted by Gasteiger charge is -2.21. The van der Waals surface area contributed by atoms with Gasteiger partial charge in [-0.05, 0) is 25.0 Å². The van der Waals surface area contributed by atoms with Gasteiger partial charge in [0, 0.05) is 32.7 Å². The van der Waals surface area contributed by atoms with Crippen molar-refractivity contribution in [1.82, 2.24) is 0 Å². The highest BCUT2D eigenvalue weighted by atomic mass is 32.1. The number of fused-ring (bicyclic) bond motifs is 2. The number of hydrogen-bond acceptors (Lipinski definition) is 8. The molecule has 0 saturated carbocycles. The number of benzene rings is 1. The zero-order valence-corrected chi connectivity index (χ0v) is 37.6. The average molecular weight is 811 g/mol. The highest BCUT2D eigenvalue weighted by Crippen LogP contribution is 2.54. The lowest BCUT2D eigenvalue weighted by Crippen LogP contribution is -2.26. The summed E-state index contributed by atoms with van der Waals surface area (Å²) in [6.07, 6.45) is 25.8. The molecule has 2 aliphatic heterocycles. The first-order valence-corrected chi connectivity index (χ1v) is 24.2. The van der Waals surface area contributed by atoms with E-state index in [0.717, 1.165) is 68.2 Å². The van der Waals surface area contributed by atoms with Gasteiger partial charge in [0.2, 0.25) is 0 Å². The van der Waals surface area contributed by atoms with E-state index >= 15 is 0 Å². The Morgan fingerprint density at radius 2 is 0.786 bits per heavy atom. The third-order valence-electron chi connectivity index (χ3n) is 11.0. The minimum absolute atomic E-state index is 0.0798. The monoisotopic (exact) mass is 810 g/mol. The summed E-state index contributed by atoms with van der Waals surface area (Å²) < 4.78 is 39.3. The molecule has 8 heteroatoms. The second kappa shape index (κ2) is 23.1. The van der Waals surface area contributed by atoms with Crippen LogP contribution in [0.3, 0.4) is 0 Å². The van der Waals surface area contributed by atoms with E-state index in [1.807, 2.05) is 0 Å². The van der Waals surface area contributed by atoms with E-state index in [9.17, 15) is 0 Å². The van der Waals surface area contributed by atoms with Crippen LogP contribution in [-0.4, -0.2) is 39.6 Å². The third-order valence-corrected chi connectivity index (χ3v) is 12.9. The van der Waals surface area contributed by atoms with Crippen LogP contribution in [0.15, 0.2) is 22.9 Å². The predicted octanol–water partition coefficient (Wildman–Crippen LogP) is 15.3. The van der Waals surface area contributed by atoms with Crippen molar-refractivity contribution in [3.05, 3.63) is 22.9 Å². The van der Waals surface area contributed by atoms with Crippen molar-refractivity contribution in [2.45, 2.75) is 170 Å². The van der Waals surface area contributed by atoms with Gasteiger partial charge in [-0.3, -0.25) is 0 Å². The summed E-state index contributed by atoms with van der Waals surface area (Å²) in [5.41, 5.74) is 1.83. The second-order valence-corrected chi connectivity index (χ2v) is 19.7. The van der Waals surface area contributed by atoms with Crippen LogP contribution in [0.25, 0.3) is 20.9 Å². The fraction of sp³-hybridized carbons (Fsp3) is 0.708. The van der Waals surface area contributed by atoms with Gasteiger partial charge in [0.1, 0.15) is 11.5 Å². The molecule has 2 aliphatic rings. The van der Waals surface area contributed by atoms with E-state index in [2.05, 4.69) is 64.4 Å². The quantitative estimate of drug-likeness (QED) is 0.0753. The maximum absolute atomic E-state index is 6.79. The van der Waals surface area contributed by atoms with Crippen molar-refractivity contribution >= 4 is 22.7 Å². The number of hydrogen-bond donors (Lipinski definition) is 0. The van der Waals surface area contributed by atoms with Crippen molar-refractivity contribution in [3.63, 3.8) is 0 Å². The summed E-state index contributed by atoms with van der Waals surface area (Å²) in [5, 5.41) is 4.17. The van der Waals surface area contributed by atoms with E-state index in [1.165, 1.54) is 116 Å². The smallest absolute Gasteiger partial charge is 0.179 e. The Morgan fingerprint density at radius 3 is 1.14 bits per heavy atom. The van der Waals surface area contributed by atoms with Crippen LogP contribution in [0.1, 0.15) is 170 Å². The lowest BCUT2D eigenvalue weighted by atomic mass is 9.96. The molecule has 0 amide bonds. The molecule has 0 radical (unpaired) electrons. The van der Waals surface area contributed by atoms with Gasteiger partial charge >= 0.3 is 0 Å². The summed E-state index contributed by atoms with van der Waals surface area (Å²) in [5.74, 6) is 4.92. The normalized spacial score (nSPS) is 15.7. The number of thiophene rings is 2. The summed E-state index contributed by atoms with van der Waals surface area (Å²) in [7, 11) is 0. The zero-order chi connectivity index (χ0) is 39.6. The third kappa shape index (κ3) is 13.8. The van der Waals surface area contributed by atoms with Gasteiger partial charge in [0.05, 0.1) is 49.4 Å². The molecule has 314 valence electrons. The number of rotatable bonds is 26. The highest BCUT2D eigenvalue weighted by molar-refractivity contribution is 7.14. The summed E-state index contributed by atoms with van der Waals surface area (Å²) in [4.78, 5) is 2.05. The molecule has 0 fully saturated rings. The summed E-state index contributed by atoms with van der Waals surface area (Å²) in [6.45, 7) is 17.1. The van der Waals surface area contributed by atoms with Gasteiger partial charge in [0.15, 0.2) is 23.0 Å². The largest absolute Gasteiger partial charge is 0.493 e. The first-order valence-electron chi connectivity index (χ1n) is 22.4. The van der Waals surface area contributed by atoms with Crippen LogP contribution in [0.4, 0.5) is 0 Å². The lowest BCUT2D eigenvalue weighted by molar-refractivity contribution is 0.140. The Labute approximate surface area is 348 Å². The van der Waals surface area contributed by atoms with Crippen LogP contribution in [0.2, 0.25) is 0 Å². The second-order valence-electron chi connectivity index (χ2n) is 17.9. The Balaban J connectivity index is 1.36. The topological polar surface area (TPSA) is 55.4 Å². The molecular formula is C48H74O6S2. The van der Waals surface area contributed by atoms with E-state index in [1.54, 1.807) is 22.7 Å². The Kier molecular flexibility index (Phi) is 18.4. The molecule has 0 N–H and O–H groups in total. The van der Waals surface area contributed by atoms with E-state index in [4.69, 9.17) is 28.4 Å². The Bertz CT molecular complexity index is 1460. The van der Waals surface area contributed by atoms with Crippen LogP contribution < -0.4 is 28.4 Å². The highest BCUT2D eigenvalue weighted by Gasteiger charge is 2.32. The molecule has 56 heavy (non-hydrogen) atoms. The number of unbranched alkanes of at least 4 members (excludes halogenated alkanes) is 18. The first kappa shape index (κ1) is 44.5. The van der Waals surface area contributed by atoms with Crippen LogP contribution in [0, 0.1) is 10.8 Å². The molecule has 0 unspecified atom stereocenters. The summed E-state index contributed by atoms with van der Waals surface area (Å²) in [6, 6.07) is 4.39. The zero-order valence-electron chi connectivity index (χ0n) is 36.0. The van der Waals surface area contributed by atoms with Crippen LogP contribution >= 0.6 is 22.7 Å². The van der Waals surface area contributed by atoms with Crippen molar-refractivity contribution in [2.75, 3.05) is 39.6 Å². The van der Waals surface area contributed by atoms with Gasteiger partial charge in [-0.1, -0.05) is 157 Å². The van der Waals surface area contributed by atoms with Gasteiger partial charge in [-0.15, -0.1) is 22.7 Å². The first-order chi connectivity index (χ1) is 27.2. The maximum atomic E-state index is 6.79. The van der Waals surface area contributed by atoms with Crippen molar-refractivity contribution in [2.24, 2.45) is 10.8 Å². The molecule has 3 aromatic rings. The van der Waals surface area contributed by atoms with E-state index in [-0.39, 0.29) is 10.8 Å². The Morgan fingerprint density at radius 1 is 0.464 bits per heavy atom. The van der Waals surface area contributed by atoms with Crippen molar-refractivity contribution < 1.29 is 28.4 Å². The fourth-order valence-electron chi connectivity index (χ4n) is 7.37. The molecule has 0 spiro atoms. The minimum Gasteiger partial charge on any atom is -0.493 e. The van der Waals surface area contributed by atoms with Gasteiger partial charge in [-0.2, -0.15) is 0 Å². The summed E-state index contributed by atoms with van der Waals surface area (Å²) >= 11 is 3.31. The predicted molar refractivity (Wildman–Crippen MR) is 237 cm³/mol. The van der Waals surface area contributed by atoms with Gasteiger partial charge in [0.25, 0.3) is 0 Å². The van der Waals surface area contributed by atoms with Gasteiger partial charge in [-0.25, -0.2) is 0 Å². The molecule has 0 saturated heterocycles. The molecule has 0 aliphatic carbocycles. The SMILES string of the molecule is CCCCCCCCCCCCOc1cc(-c2scc3c2OCC(C)(C)CO3)c(OCCCCCCCCCCCC)cc1-c1scc2c1OCC(C)(C)CO2. The molecule has 2 aromatic heterocycles. The number of ether oxygens (including phenoxy) is 6. The maximum Gasteiger partial charge on any atom is 0.179 e. The molecular weight excluding hydrogens is 737 g/mol. The fourth-order valence-corrected chi connectivity index (χ4v) is 9.27. The minimum atomic E-state index is -0.0798. The van der Waals surface area contributed by atoms with Crippen molar-refractivity contribution in [1.29, 1.82) is 0 Å². The standard InChI is InChI=1S/C48H74O6S2/c1-7-9-11-13-15-17-19-21-23-25-27-49-39-29-38(46-44-42(32-56-46)52-34-48(5,6)36-54-44)40(50-28-26-24-22-20-18-16-14-12-10-8-2)30-37(39)45-43-41(31-55-45)51-33-47(3,4)35-53-43/h29-32H,7-28,33-36H2,1-6H3. The molecule has 6 nitrogen and oxygen atoms in total. The molecule has 0 atom stereocenters. The molecule has 5 rings (SSSR count).